The molecule has 3 nitrogen and oxygen atoms in total. The van der Waals surface area contributed by atoms with Gasteiger partial charge in [0.1, 0.15) is 0 Å². The van der Waals surface area contributed by atoms with Crippen LogP contribution in [0, 0.1) is 0 Å². The summed E-state index contributed by atoms with van der Waals surface area (Å²) in [6.45, 7) is 4.46. The molecule has 0 N–H and O–H groups in total. The van der Waals surface area contributed by atoms with Crippen LogP contribution >= 0.6 is 0 Å². The fourth-order valence-corrected chi connectivity index (χ4v) is 2.55. The summed E-state index contributed by atoms with van der Waals surface area (Å²) in [5, 5.41) is 4.22. The molecule has 0 fully saturated rings. The van der Waals surface area contributed by atoms with Gasteiger partial charge in [0.25, 0.3) is 0 Å². The highest BCUT2D eigenvalue weighted by Crippen LogP contribution is 2.31. The Bertz CT molecular complexity index is 542. The molecule has 1 aliphatic rings. The molecule has 1 aliphatic heterocycles. The summed E-state index contributed by atoms with van der Waals surface area (Å²) >= 11 is 0. The van der Waals surface area contributed by atoms with Crippen molar-refractivity contribution in [3.63, 3.8) is 0 Å². The van der Waals surface area contributed by atoms with Crippen LogP contribution in [0.1, 0.15) is 12.5 Å². The predicted molar refractivity (Wildman–Crippen MR) is 70.2 cm³/mol. The van der Waals surface area contributed by atoms with Gasteiger partial charge in [-0.05, 0) is 36.6 Å². The lowest BCUT2D eigenvalue weighted by Gasteiger charge is -2.16. The monoisotopic (exact) mass is 227 g/mol. The Morgan fingerprint density at radius 1 is 1.29 bits per heavy atom. The molecule has 3 rings (SSSR count). The maximum atomic E-state index is 4.22. The summed E-state index contributed by atoms with van der Waals surface area (Å²) in [5.74, 6) is 0. The van der Waals surface area contributed by atoms with Crippen LogP contribution in [0.4, 0.5) is 5.69 Å². The third-order valence-corrected chi connectivity index (χ3v) is 3.49. The molecule has 17 heavy (non-hydrogen) atoms. The molecular formula is C14H17N3. The lowest BCUT2D eigenvalue weighted by Crippen LogP contribution is -2.18. The third-order valence-electron chi connectivity index (χ3n) is 3.49. The summed E-state index contributed by atoms with van der Waals surface area (Å²) in [4.78, 5) is 2.43. The maximum absolute atomic E-state index is 4.22. The van der Waals surface area contributed by atoms with Crippen molar-refractivity contribution in [2.45, 2.75) is 13.3 Å². The standard InChI is InChI=1S/C14H17N3/c1-3-17-7-6-12-8-11(4-5-14(12)17)13-9-15-16(2)10-13/h4-5,8-10H,3,6-7H2,1-2H3. The van der Waals surface area contributed by atoms with Crippen molar-refractivity contribution in [1.29, 1.82) is 0 Å². The summed E-state index contributed by atoms with van der Waals surface area (Å²) in [7, 11) is 1.95. The molecular weight excluding hydrogens is 210 g/mol. The second kappa shape index (κ2) is 3.91. The number of likely N-dealkylation sites (N-methyl/N-ethyl adjacent to an activating group) is 1. The van der Waals surface area contributed by atoms with E-state index in [4.69, 9.17) is 0 Å². The lowest BCUT2D eigenvalue weighted by molar-refractivity contribution is 0.768. The summed E-state index contributed by atoms with van der Waals surface area (Å²) in [6.07, 6.45) is 5.15. The van der Waals surface area contributed by atoms with Gasteiger partial charge in [0.05, 0.1) is 6.20 Å². The van der Waals surface area contributed by atoms with Crippen LogP contribution in [0.25, 0.3) is 11.1 Å². The van der Waals surface area contributed by atoms with E-state index >= 15 is 0 Å². The van der Waals surface area contributed by atoms with E-state index in [1.165, 1.54) is 22.4 Å². The first-order valence-electron chi connectivity index (χ1n) is 6.15. The molecule has 1 aromatic carbocycles. The van der Waals surface area contributed by atoms with E-state index in [0.717, 1.165) is 19.5 Å². The molecule has 3 heteroatoms. The molecule has 0 saturated carbocycles. The third kappa shape index (κ3) is 1.71. The summed E-state index contributed by atoms with van der Waals surface area (Å²) in [6, 6.07) is 6.75. The van der Waals surface area contributed by atoms with Crippen molar-refractivity contribution < 1.29 is 0 Å². The number of hydrogen-bond acceptors (Lipinski definition) is 2. The van der Waals surface area contributed by atoms with Crippen LogP contribution < -0.4 is 4.90 Å². The molecule has 2 aromatic rings. The van der Waals surface area contributed by atoms with E-state index in [1.807, 2.05) is 17.9 Å². The first kappa shape index (κ1) is 10.4. The van der Waals surface area contributed by atoms with E-state index in [1.54, 1.807) is 0 Å². The Labute approximate surface area is 102 Å². The summed E-state index contributed by atoms with van der Waals surface area (Å²) < 4.78 is 1.85. The Kier molecular flexibility index (Phi) is 2.39. The minimum absolute atomic E-state index is 1.10. The van der Waals surface area contributed by atoms with Crippen molar-refractivity contribution in [3.05, 3.63) is 36.2 Å². The molecule has 0 radical (unpaired) electrons. The van der Waals surface area contributed by atoms with Crippen molar-refractivity contribution >= 4 is 5.69 Å². The normalized spacial score (nSPS) is 14.1. The molecule has 1 aromatic heterocycles. The van der Waals surface area contributed by atoms with Crippen molar-refractivity contribution in [1.82, 2.24) is 9.78 Å². The second-order valence-corrected chi connectivity index (χ2v) is 4.58. The van der Waals surface area contributed by atoms with Crippen LogP contribution in [-0.4, -0.2) is 22.9 Å². The van der Waals surface area contributed by atoms with Gasteiger partial charge in [-0.1, -0.05) is 6.07 Å². The molecule has 0 saturated heterocycles. The number of benzene rings is 1. The van der Waals surface area contributed by atoms with E-state index in [9.17, 15) is 0 Å². The van der Waals surface area contributed by atoms with Crippen LogP contribution in [-0.2, 0) is 13.5 Å². The number of fused-ring (bicyclic) bond motifs is 1. The number of nitrogens with zero attached hydrogens (tertiary/aromatic N) is 3. The summed E-state index contributed by atoms with van der Waals surface area (Å²) in [5.41, 5.74) is 5.34. The number of rotatable bonds is 2. The van der Waals surface area contributed by atoms with E-state index < -0.39 is 0 Å². The van der Waals surface area contributed by atoms with Gasteiger partial charge in [-0.3, -0.25) is 4.68 Å². The molecule has 0 bridgehead atoms. The van der Waals surface area contributed by atoms with Gasteiger partial charge in [0.15, 0.2) is 0 Å². The van der Waals surface area contributed by atoms with E-state index in [-0.39, 0.29) is 0 Å². The Balaban J connectivity index is 2.00. The average Bonchev–Trinajstić information content (AvgIpc) is 2.94. The maximum Gasteiger partial charge on any atom is 0.0568 e. The highest BCUT2D eigenvalue weighted by atomic mass is 15.2. The number of aromatic nitrogens is 2. The van der Waals surface area contributed by atoms with Crippen molar-refractivity contribution in [2.24, 2.45) is 7.05 Å². The number of hydrogen-bond donors (Lipinski definition) is 0. The van der Waals surface area contributed by atoms with Gasteiger partial charge < -0.3 is 4.90 Å². The molecule has 0 spiro atoms. The number of aryl methyl sites for hydroxylation is 1. The zero-order valence-electron chi connectivity index (χ0n) is 10.3. The smallest absolute Gasteiger partial charge is 0.0568 e. The Morgan fingerprint density at radius 2 is 2.18 bits per heavy atom. The molecule has 0 atom stereocenters. The minimum Gasteiger partial charge on any atom is -0.371 e. The SMILES string of the molecule is CCN1CCc2cc(-c3cnn(C)c3)ccc21. The zero-order chi connectivity index (χ0) is 11.8. The van der Waals surface area contributed by atoms with E-state index in [2.05, 4.69) is 41.3 Å². The van der Waals surface area contributed by atoms with Gasteiger partial charge in [-0.2, -0.15) is 5.10 Å². The zero-order valence-corrected chi connectivity index (χ0v) is 10.3. The van der Waals surface area contributed by atoms with Crippen LogP contribution in [0.15, 0.2) is 30.6 Å². The predicted octanol–water partition coefficient (Wildman–Crippen LogP) is 2.47. The number of anilines is 1. The fourth-order valence-electron chi connectivity index (χ4n) is 2.55. The van der Waals surface area contributed by atoms with Crippen LogP contribution in [0.2, 0.25) is 0 Å². The quantitative estimate of drug-likeness (QED) is 0.786. The highest BCUT2D eigenvalue weighted by Gasteiger charge is 2.17. The fraction of sp³-hybridized carbons (Fsp3) is 0.357. The highest BCUT2D eigenvalue weighted by molar-refractivity contribution is 5.69. The van der Waals surface area contributed by atoms with E-state index in [0.29, 0.717) is 0 Å². The largest absolute Gasteiger partial charge is 0.371 e. The second-order valence-electron chi connectivity index (χ2n) is 4.58. The van der Waals surface area contributed by atoms with Crippen molar-refractivity contribution in [3.8, 4) is 11.1 Å². The Hall–Kier alpha value is -1.77. The van der Waals surface area contributed by atoms with Gasteiger partial charge in [0, 0.05) is 37.6 Å². The molecule has 88 valence electrons. The first-order chi connectivity index (χ1) is 8.28. The van der Waals surface area contributed by atoms with Gasteiger partial charge in [-0.25, -0.2) is 0 Å². The average molecular weight is 227 g/mol. The lowest BCUT2D eigenvalue weighted by atomic mass is 10.0. The van der Waals surface area contributed by atoms with Crippen LogP contribution in [0.3, 0.4) is 0 Å². The molecule has 0 aliphatic carbocycles. The Morgan fingerprint density at radius 3 is 2.88 bits per heavy atom. The first-order valence-corrected chi connectivity index (χ1v) is 6.15. The molecule has 0 unspecified atom stereocenters. The topological polar surface area (TPSA) is 21.1 Å². The van der Waals surface area contributed by atoms with Gasteiger partial charge in [0.2, 0.25) is 0 Å². The molecule has 2 heterocycles. The van der Waals surface area contributed by atoms with Crippen LogP contribution in [0.5, 0.6) is 0 Å². The van der Waals surface area contributed by atoms with Gasteiger partial charge in [-0.15, -0.1) is 0 Å². The minimum atomic E-state index is 1.10. The van der Waals surface area contributed by atoms with Gasteiger partial charge >= 0.3 is 0 Å². The molecule has 0 amide bonds. The van der Waals surface area contributed by atoms with Crippen molar-refractivity contribution in [2.75, 3.05) is 18.0 Å².